The molecule has 0 saturated heterocycles. The minimum atomic E-state index is 0.0408. The molecule has 0 radical (unpaired) electrons. The fourth-order valence-electron chi connectivity index (χ4n) is 1.51. The van der Waals surface area contributed by atoms with Crippen LogP contribution in [-0.4, -0.2) is 36.0 Å². The molecule has 0 aliphatic rings. The molecule has 0 aliphatic heterocycles. The van der Waals surface area contributed by atoms with Crippen molar-refractivity contribution in [3.05, 3.63) is 23.0 Å². The molecular formula is C12H18N4O. The number of hydrogen-bond acceptors (Lipinski definition) is 3. The van der Waals surface area contributed by atoms with Gasteiger partial charge in [0.2, 0.25) is 5.91 Å². The van der Waals surface area contributed by atoms with Gasteiger partial charge in [-0.3, -0.25) is 4.79 Å². The maximum Gasteiger partial charge on any atom is 0.236 e. The number of carbonyl (C=O) groups excluding carboxylic acids is 1. The predicted octanol–water partition coefficient (Wildman–Crippen LogP) is 0.383. The second-order valence-corrected chi connectivity index (χ2v) is 4.20. The summed E-state index contributed by atoms with van der Waals surface area (Å²) in [5.74, 6) is 0.0408. The molecular weight excluding hydrogens is 216 g/mol. The van der Waals surface area contributed by atoms with Gasteiger partial charge in [0.15, 0.2) is 0 Å². The number of nitriles is 1. The summed E-state index contributed by atoms with van der Waals surface area (Å²) >= 11 is 0. The number of carbonyl (C=O) groups is 1. The SMILES string of the molecule is Cc1c(CNCC(=O)N(C)C)cc(C#N)n1C. The molecule has 1 aromatic heterocycles. The molecule has 5 heteroatoms. The molecule has 92 valence electrons. The van der Waals surface area contributed by atoms with Gasteiger partial charge in [0.1, 0.15) is 11.8 Å². The summed E-state index contributed by atoms with van der Waals surface area (Å²) in [5.41, 5.74) is 2.74. The monoisotopic (exact) mass is 234 g/mol. The zero-order valence-electron chi connectivity index (χ0n) is 10.7. The van der Waals surface area contributed by atoms with E-state index < -0.39 is 0 Å². The lowest BCUT2D eigenvalue weighted by Crippen LogP contribution is -2.32. The van der Waals surface area contributed by atoms with E-state index in [4.69, 9.17) is 5.26 Å². The maximum absolute atomic E-state index is 11.4. The van der Waals surface area contributed by atoms with Gasteiger partial charge in [-0.05, 0) is 18.6 Å². The van der Waals surface area contributed by atoms with Crippen molar-refractivity contribution in [2.45, 2.75) is 13.5 Å². The van der Waals surface area contributed by atoms with Crippen LogP contribution in [0.2, 0.25) is 0 Å². The molecule has 5 nitrogen and oxygen atoms in total. The number of nitrogens with one attached hydrogen (secondary N) is 1. The van der Waals surface area contributed by atoms with Gasteiger partial charge in [-0.15, -0.1) is 0 Å². The Bertz CT molecular complexity index is 454. The molecule has 1 heterocycles. The Morgan fingerprint density at radius 1 is 1.59 bits per heavy atom. The van der Waals surface area contributed by atoms with Crippen LogP contribution >= 0.6 is 0 Å². The smallest absolute Gasteiger partial charge is 0.236 e. The van der Waals surface area contributed by atoms with Crippen molar-refractivity contribution >= 4 is 5.91 Å². The molecule has 0 spiro atoms. The van der Waals surface area contributed by atoms with Gasteiger partial charge in [-0.1, -0.05) is 0 Å². The van der Waals surface area contributed by atoms with Crippen molar-refractivity contribution in [1.29, 1.82) is 5.26 Å². The van der Waals surface area contributed by atoms with Crippen molar-refractivity contribution in [1.82, 2.24) is 14.8 Å². The quantitative estimate of drug-likeness (QED) is 0.819. The highest BCUT2D eigenvalue weighted by atomic mass is 16.2. The molecule has 0 unspecified atom stereocenters. The van der Waals surface area contributed by atoms with Gasteiger partial charge in [-0.25, -0.2) is 0 Å². The topological polar surface area (TPSA) is 61.1 Å². The van der Waals surface area contributed by atoms with Crippen LogP contribution in [0.1, 0.15) is 17.0 Å². The summed E-state index contributed by atoms with van der Waals surface area (Å²) in [5, 5.41) is 12.0. The minimum absolute atomic E-state index is 0.0408. The minimum Gasteiger partial charge on any atom is -0.348 e. The van der Waals surface area contributed by atoms with Crippen molar-refractivity contribution in [2.75, 3.05) is 20.6 Å². The zero-order valence-corrected chi connectivity index (χ0v) is 10.7. The van der Waals surface area contributed by atoms with Crippen molar-refractivity contribution in [3.63, 3.8) is 0 Å². The van der Waals surface area contributed by atoms with Crippen molar-refractivity contribution in [2.24, 2.45) is 7.05 Å². The Morgan fingerprint density at radius 2 is 2.24 bits per heavy atom. The first-order chi connectivity index (χ1) is 7.97. The third kappa shape index (κ3) is 3.08. The summed E-state index contributed by atoms with van der Waals surface area (Å²) in [6.45, 7) is 2.87. The molecule has 0 bridgehead atoms. The predicted molar refractivity (Wildman–Crippen MR) is 65.3 cm³/mol. The number of likely N-dealkylation sites (N-methyl/N-ethyl adjacent to an activating group) is 1. The molecule has 0 saturated carbocycles. The molecule has 1 amide bonds. The van der Waals surface area contributed by atoms with Gasteiger partial charge < -0.3 is 14.8 Å². The Labute approximate surface area is 102 Å². The van der Waals surface area contributed by atoms with E-state index in [-0.39, 0.29) is 5.91 Å². The number of rotatable bonds is 4. The van der Waals surface area contributed by atoms with Gasteiger partial charge in [0, 0.05) is 33.4 Å². The van der Waals surface area contributed by atoms with Gasteiger partial charge in [-0.2, -0.15) is 5.26 Å². The van der Waals surface area contributed by atoms with Crippen LogP contribution in [0.3, 0.4) is 0 Å². The highest BCUT2D eigenvalue weighted by Gasteiger charge is 2.09. The van der Waals surface area contributed by atoms with Crippen LogP contribution in [-0.2, 0) is 18.4 Å². The van der Waals surface area contributed by atoms with E-state index in [0.717, 1.165) is 11.3 Å². The average molecular weight is 234 g/mol. The Balaban J connectivity index is 2.59. The van der Waals surface area contributed by atoms with Crippen LogP contribution in [0.25, 0.3) is 0 Å². The molecule has 0 aromatic carbocycles. The third-order valence-electron chi connectivity index (χ3n) is 2.85. The van der Waals surface area contributed by atoms with Gasteiger partial charge in [0.05, 0.1) is 6.54 Å². The van der Waals surface area contributed by atoms with E-state index >= 15 is 0 Å². The molecule has 0 atom stereocenters. The second-order valence-electron chi connectivity index (χ2n) is 4.20. The number of aromatic nitrogens is 1. The van der Waals surface area contributed by atoms with Crippen molar-refractivity contribution < 1.29 is 4.79 Å². The Morgan fingerprint density at radius 3 is 2.71 bits per heavy atom. The van der Waals surface area contributed by atoms with Crippen molar-refractivity contribution in [3.8, 4) is 6.07 Å². The van der Waals surface area contributed by atoms with E-state index in [1.54, 1.807) is 19.0 Å². The summed E-state index contributed by atoms with van der Waals surface area (Å²) in [6, 6.07) is 3.98. The molecule has 0 fully saturated rings. The van der Waals surface area contributed by atoms with E-state index in [1.165, 1.54) is 0 Å². The maximum atomic E-state index is 11.4. The third-order valence-corrected chi connectivity index (χ3v) is 2.85. The van der Waals surface area contributed by atoms with E-state index in [2.05, 4.69) is 11.4 Å². The second kappa shape index (κ2) is 5.51. The van der Waals surface area contributed by atoms with E-state index in [9.17, 15) is 4.79 Å². The normalized spacial score (nSPS) is 10.1. The highest BCUT2D eigenvalue weighted by molar-refractivity contribution is 5.77. The Kier molecular flexibility index (Phi) is 4.30. The Hall–Kier alpha value is -1.80. The van der Waals surface area contributed by atoms with Crippen LogP contribution < -0.4 is 5.32 Å². The lowest BCUT2D eigenvalue weighted by molar-refractivity contribution is -0.127. The highest BCUT2D eigenvalue weighted by Crippen LogP contribution is 2.12. The van der Waals surface area contributed by atoms with Crippen LogP contribution in [0, 0.1) is 18.3 Å². The zero-order chi connectivity index (χ0) is 13.0. The lowest BCUT2D eigenvalue weighted by atomic mass is 10.2. The molecule has 17 heavy (non-hydrogen) atoms. The number of amides is 1. The number of hydrogen-bond donors (Lipinski definition) is 1. The molecule has 1 rings (SSSR count). The number of nitrogens with zero attached hydrogens (tertiary/aromatic N) is 3. The first-order valence-electron chi connectivity index (χ1n) is 5.43. The molecule has 1 aromatic rings. The lowest BCUT2D eigenvalue weighted by Gasteiger charge is -2.10. The fraction of sp³-hybridized carbons (Fsp3) is 0.500. The first kappa shape index (κ1) is 13.3. The van der Waals surface area contributed by atoms with Crippen LogP contribution in [0.4, 0.5) is 0 Å². The van der Waals surface area contributed by atoms with E-state index in [1.807, 2.05) is 24.6 Å². The fourth-order valence-corrected chi connectivity index (χ4v) is 1.51. The van der Waals surface area contributed by atoms with Crippen LogP contribution in [0.15, 0.2) is 6.07 Å². The average Bonchev–Trinajstić information content (AvgIpc) is 2.56. The standard InChI is InChI=1S/C12H18N4O/c1-9-10(5-11(6-13)16(9)4)7-14-8-12(17)15(2)3/h5,14H,7-8H2,1-4H3. The molecule has 1 N–H and O–H groups in total. The summed E-state index contributed by atoms with van der Waals surface area (Å²) in [6.07, 6.45) is 0. The van der Waals surface area contributed by atoms with Crippen LogP contribution in [0.5, 0.6) is 0 Å². The summed E-state index contributed by atoms with van der Waals surface area (Å²) in [7, 11) is 5.32. The largest absolute Gasteiger partial charge is 0.348 e. The van der Waals surface area contributed by atoms with Gasteiger partial charge in [0.25, 0.3) is 0 Å². The van der Waals surface area contributed by atoms with Gasteiger partial charge >= 0.3 is 0 Å². The first-order valence-corrected chi connectivity index (χ1v) is 5.43. The summed E-state index contributed by atoms with van der Waals surface area (Å²) in [4.78, 5) is 12.9. The van der Waals surface area contributed by atoms with E-state index in [0.29, 0.717) is 18.8 Å². The molecule has 0 aliphatic carbocycles. The summed E-state index contributed by atoms with van der Waals surface area (Å²) < 4.78 is 1.85.